The Labute approximate surface area is 126 Å². The van der Waals surface area contributed by atoms with Gasteiger partial charge in [0.25, 0.3) is 0 Å². The standard InChI is InChI=1S/C14H14ClN3OS/c1-3-8-9-4-7(15)5-10(12(9)17-13(8)19)11-6(2)20-14(16)18-11/h4-5,8H,3H2,1-2H3,(H2,16,18)(H,17,19). The van der Waals surface area contributed by atoms with Crippen LogP contribution >= 0.6 is 22.9 Å². The van der Waals surface area contributed by atoms with Crippen LogP contribution in [0.3, 0.4) is 0 Å². The smallest absolute Gasteiger partial charge is 0.232 e. The first kappa shape index (κ1) is 13.4. The zero-order chi connectivity index (χ0) is 14.4. The molecule has 1 aliphatic rings. The Morgan fingerprint density at radius 3 is 2.85 bits per heavy atom. The first-order valence-corrected chi connectivity index (χ1v) is 7.58. The third-order valence-electron chi connectivity index (χ3n) is 3.55. The van der Waals surface area contributed by atoms with E-state index in [1.165, 1.54) is 11.3 Å². The highest BCUT2D eigenvalue weighted by Crippen LogP contribution is 2.44. The normalized spacial score (nSPS) is 17.1. The number of benzene rings is 1. The number of aromatic nitrogens is 1. The van der Waals surface area contributed by atoms with Gasteiger partial charge in [0.15, 0.2) is 5.13 Å². The molecule has 104 valence electrons. The number of rotatable bonds is 2. The number of fused-ring (bicyclic) bond motifs is 1. The summed E-state index contributed by atoms with van der Waals surface area (Å²) in [4.78, 5) is 17.4. The maximum atomic E-state index is 12.1. The summed E-state index contributed by atoms with van der Waals surface area (Å²) in [7, 11) is 0. The van der Waals surface area contributed by atoms with Crippen LogP contribution in [0.2, 0.25) is 5.02 Å². The molecule has 6 heteroatoms. The molecule has 3 rings (SSSR count). The van der Waals surface area contributed by atoms with Crippen molar-refractivity contribution in [2.45, 2.75) is 26.2 Å². The minimum Gasteiger partial charge on any atom is -0.375 e. The average molecular weight is 308 g/mol. The second-order valence-corrected chi connectivity index (χ2v) is 6.50. The number of carbonyl (C=O) groups excluding carboxylic acids is 1. The van der Waals surface area contributed by atoms with Gasteiger partial charge in [0, 0.05) is 15.5 Å². The molecule has 20 heavy (non-hydrogen) atoms. The number of nitrogens with one attached hydrogen (secondary N) is 1. The van der Waals surface area contributed by atoms with E-state index < -0.39 is 0 Å². The number of nitrogens with zero attached hydrogens (tertiary/aromatic N) is 1. The van der Waals surface area contributed by atoms with Gasteiger partial charge in [0.2, 0.25) is 5.91 Å². The van der Waals surface area contributed by atoms with E-state index in [1.54, 1.807) is 0 Å². The monoisotopic (exact) mass is 307 g/mol. The van der Waals surface area contributed by atoms with Crippen molar-refractivity contribution in [1.29, 1.82) is 0 Å². The molecule has 1 aromatic heterocycles. The van der Waals surface area contributed by atoms with Crippen LogP contribution in [0.15, 0.2) is 12.1 Å². The maximum Gasteiger partial charge on any atom is 0.232 e. The minimum absolute atomic E-state index is 0.0203. The Bertz CT molecular complexity index is 711. The van der Waals surface area contributed by atoms with Crippen LogP contribution in [-0.2, 0) is 4.79 Å². The van der Waals surface area contributed by atoms with Crippen molar-refractivity contribution in [2.75, 3.05) is 11.1 Å². The maximum absolute atomic E-state index is 12.1. The number of amides is 1. The van der Waals surface area contributed by atoms with Crippen molar-refractivity contribution in [1.82, 2.24) is 4.98 Å². The van der Waals surface area contributed by atoms with Crippen LogP contribution in [0.4, 0.5) is 10.8 Å². The lowest BCUT2D eigenvalue weighted by atomic mass is 9.95. The van der Waals surface area contributed by atoms with E-state index in [2.05, 4.69) is 10.3 Å². The summed E-state index contributed by atoms with van der Waals surface area (Å²) in [5.41, 5.74) is 9.18. The second-order valence-electron chi connectivity index (χ2n) is 4.82. The number of anilines is 2. The largest absolute Gasteiger partial charge is 0.375 e. The number of thiazole rings is 1. The molecule has 1 aromatic carbocycles. The van der Waals surface area contributed by atoms with Crippen molar-refractivity contribution in [3.8, 4) is 11.3 Å². The van der Waals surface area contributed by atoms with E-state index in [9.17, 15) is 4.79 Å². The van der Waals surface area contributed by atoms with Gasteiger partial charge in [-0.05, 0) is 31.0 Å². The summed E-state index contributed by atoms with van der Waals surface area (Å²) in [5, 5.41) is 4.08. The van der Waals surface area contributed by atoms with E-state index >= 15 is 0 Å². The Hall–Kier alpha value is -1.59. The molecule has 1 amide bonds. The summed E-state index contributed by atoms with van der Waals surface area (Å²) >= 11 is 7.65. The zero-order valence-corrected chi connectivity index (χ0v) is 12.7. The van der Waals surface area contributed by atoms with Crippen molar-refractivity contribution >= 4 is 39.7 Å². The summed E-state index contributed by atoms with van der Waals surface area (Å²) in [5.74, 6) is -0.120. The van der Waals surface area contributed by atoms with Crippen LogP contribution in [0.5, 0.6) is 0 Å². The van der Waals surface area contributed by atoms with Crippen LogP contribution in [0, 0.1) is 6.92 Å². The molecule has 4 nitrogen and oxygen atoms in total. The highest BCUT2D eigenvalue weighted by atomic mass is 35.5. The lowest BCUT2D eigenvalue weighted by molar-refractivity contribution is -0.117. The summed E-state index contributed by atoms with van der Waals surface area (Å²) in [6, 6.07) is 3.69. The summed E-state index contributed by atoms with van der Waals surface area (Å²) in [6.45, 7) is 3.96. The fourth-order valence-electron chi connectivity index (χ4n) is 2.65. The third-order valence-corrected chi connectivity index (χ3v) is 4.57. The number of nitrogen functional groups attached to an aromatic ring is 1. The minimum atomic E-state index is -0.140. The quantitative estimate of drug-likeness (QED) is 0.886. The number of hydrogen-bond donors (Lipinski definition) is 2. The molecule has 0 saturated heterocycles. The van der Waals surface area contributed by atoms with Gasteiger partial charge < -0.3 is 11.1 Å². The lowest BCUT2D eigenvalue weighted by Gasteiger charge is -2.09. The van der Waals surface area contributed by atoms with E-state index in [0.717, 1.165) is 33.8 Å². The molecule has 2 aromatic rings. The molecule has 0 bridgehead atoms. The van der Waals surface area contributed by atoms with Gasteiger partial charge in [-0.15, -0.1) is 11.3 Å². The van der Waals surface area contributed by atoms with E-state index in [0.29, 0.717) is 10.2 Å². The highest BCUT2D eigenvalue weighted by Gasteiger charge is 2.32. The van der Waals surface area contributed by atoms with E-state index in [-0.39, 0.29) is 11.8 Å². The predicted molar refractivity (Wildman–Crippen MR) is 83.4 cm³/mol. The molecule has 2 heterocycles. The number of aryl methyl sites for hydroxylation is 1. The lowest BCUT2D eigenvalue weighted by Crippen LogP contribution is -2.10. The van der Waals surface area contributed by atoms with Crippen molar-refractivity contribution in [2.24, 2.45) is 0 Å². The SMILES string of the molecule is CCC1C(=O)Nc2c(-c3nc(N)sc3C)cc(Cl)cc21. The topological polar surface area (TPSA) is 68.0 Å². The predicted octanol–water partition coefficient (Wildman–Crippen LogP) is 3.80. The van der Waals surface area contributed by atoms with Crippen LogP contribution in [-0.4, -0.2) is 10.9 Å². The van der Waals surface area contributed by atoms with E-state index in [4.69, 9.17) is 17.3 Å². The van der Waals surface area contributed by atoms with Gasteiger partial charge in [-0.25, -0.2) is 4.98 Å². The van der Waals surface area contributed by atoms with Crippen molar-refractivity contribution in [3.05, 3.63) is 27.6 Å². The Morgan fingerprint density at radius 1 is 1.50 bits per heavy atom. The van der Waals surface area contributed by atoms with Crippen LogP contribution in [0.1, 0.15) is 29.7 Å². The zero-order valence-electron chi connectivity index (χ0n) is 11.2. The first-order valence-electron chi connectivity index (χ1n) is 6.38. The van der Waals surface area contributed by atoms with E-state index in [1.807, 2.05) is 26.0 Å². The number of carbonyl (C=O) groups is 1. The molecule has 0 fully saturated rings. The van der Waals surface area contributed by atoms with Gasteiger partial charge in [0.05, 0.1) is 17.3 Å². The molecule has 1 unspecified atom stereocenters. The molecule has 0 spiro atoms. The second kappa shape index (κ2) is 4.75. The molecule has 1 atom stereocenters. The van der Waals surface area contributed by atoms with Crippen LogP contribution in [0.25, 0.3) is 11.3 Å². The molecule has 0 aliphatic carbocycles. The molecule has 1 aliphatic heterocycles. The summed E-state index contributed by atoms with van der Waals surface area (Å²) < 4.78 is 0. The highest BCUT2D eigenvalue weighted by molar-refractivity contribution is 7.15. The van der Waals surface area contributed by atoms with Gasteiger partial charge in [-0.2, -0.15) is 0 Å². The Morgan fingerprint density at radius 2 is 2.25 bits per heavy atom. The molecule has 3 N–H and O–H groups in total. The Balaban J connectivity index is 2.24. The Kier molecular flexibility index (Phi) is 3.18. The van der Waals surface area contributed by atoms with Gasteiger partial charge in [-0.3, -0.25) is 4.79 Å². The average Bonchev–Trinajstić information content (AvgIpc) is 2.87. The number of nitrogens with two attached hydrogens (primary N) is 1. The third kappa shape index (κ3) is 1.98. The first-order chi connectivity index (χ1) is 9.51. The molecular weight excluding hydrogens is 294 g/mol. The number of halogens is 1. The van der Waals surface area contributed by atoms with Gasteiger partial charge in [-0.1, -0.05) is 18.5 Å². The fourth-order valence-corrected chi connectivity index (χ4v) is 3.58. The van der Waals surface area contributed by atoms with Gasteiger partial charge in [0.1, 0.15) is 0 Å². The fraction of sp³-hybridized carbons (Fsp3) is 0.286. The van der Waals surface area contributed by atoms with Crippen LogP contribution < -0.4 is 11.1 Å². The van der Waals surface area contributed by atoms with Crippen molar-refractivity contribution < 1.29 is 4.79 Å². The summed E-state index contributed by atoms with van der Waals surface area (Å²) in [6.07, 6.45) is 0.747. The van der Waals surface area contributed by atoms with Crippen molar-refractivity contribution in [3.63, 3.8) is 0 Å². The van der Waals surface area contributed by atoms with Gasteiger partial charge >= 0.3 is 0 Å². The molecular formula is C14H14ClN3OS. The molecule has 0 saturated carbocycles. The number of hydrogen-bond acceptors (Lipinski definition) is 4. The molecule has 0 radical (unpaired) electrons.